The third-order valence-corrected chi connectivity index (χ3v) is 3.59. The van der Waals surface area contributed by atoms with E-state index in [4.69, 9.17) is 23.2 Å². The SMILES string of the molecule is Cc1csc(Cn2ncc(Cl)c(Cl)c2=O)n1. The summed E-state index contributed by atoms with van der Waals surface area (Å²) in [6, 6.07) is 0. The topological polar surface area (TPSA) is 47.8 Å². The molecule has 0 saturated carbocycles. The third-order valence-electron chi connectivity index (χ3n) is 1.89. The van der Waals surface area contributed by atoms with Crippen molar-refractivity contribution < 1.29 is 0 Å². The van der Waals surface area contributed by atoms with Crippen molar-refractivity contribution >= 4 is 34.5 Å². The molecule has 0 N–H and O–H groups in total. The van der Waals surface area contributed by atoms with Gasteiger partial charge in [0.05, 0.1) is 17.8 Å². The highest BCUT2D eigenvalue weighted by Crippen LogP contribution is 2.15. The Bertz CT molecular complexity index is 578. The third kappa shape index (κ3) is 2.26. The van der Waals surface area contributed by atoms with E-state index in [1.54, 1.807) is 0 Å². The molecule has 2 aromatic heterocycles. The highest BCUT2D eigenvalue weighted by molar-refractivity contribution is 7.09. The van der Waals surface area contributed by atoms with Gasteiger partial charge in [-0.1, -0.05) is 23.2 Å². The van der Waals surface area contributed by atoms with E-state index in [0.29, 0.717) is 6.54 Å². The van der Waals surface area contributed by atoms with E-state index in [9.17, 15) is 4.79 Å². The fourth-order valence-electron chi connectivity index (χ4n) is 1.16. The second kappa shape index (κ2) is 4.53. The van der Waals surface area contributed by atoms with Gasteiger partial charge in [-0.25, -0.2) is 9.67 Å². The molecule has 0 unspecified atom stereocenters. The van der Waals surface area contributed by atoms with Crippen LogP contribution in [0.5, 0.6) is 0 Å². The van der Waals surface area contributed by atoms with Crippen molar-refractivity contribution in [3.63, 3.8) is 0 Å². The van der Waals surface area contributed by atoms with E-state index in [-0.39, 0.29) is 10.0 Å². The van der Waals surface area contributed by atoms with Crippen LogP contribution in [0, 0.1) is 6.92 Å². The number of halogens is 2. The first-order chi connectivity index (χ1) is 7.58. The molecule has 2 heterocycles. The molecule has 0 radical (unpaired) electrons. The van der Waals surface area contributed by atoms with Gasteiger partial charge in [0.2, 0.25) is 0 Å². The molecule has 0 spiro atoms. The number of hydrogen-bond donors (Lipinski definition) is 0. The Morgan fingerprint density at radius 3 is 2.88 bits per heavy atom. The number of hydrogen-bond acceptors (Lipinski definition) is 4. The molecule has 0 saturated heterocycles. The van der Waals surface area contributed by atoms with Crippen molar-refractivity contribution in [1.82, 2.24) is 14.8 Å². The molecule has 0 aliphatic rings. The van der Waals surface area contributed by atoms with Gasteiger partial charge in [-0.15, -0.1) is 11.3 Å². The van der Waals surface area contributed by atoms with Crippen LogP contribution in [0.15, 0.2) is 16.4 Å². The first-order valence-corrected chi connectivity index (χ1v) is 6.03. The zero-order valence-electron chi connectivity index (χ0n) is 8.28. The average Bonchev–Trinajstić information content (AvgIpc) is 2.65. The van der Waals surface area contributed by atoms with Gasteiger partial charge in [-0.05, 0) is 6.92 Å². The Balaban J connectivity index is 2.36. The quantitative estimate of drug-likeness (QED) is 0.846. The van der Waals surface area contributed by atoms with E-state index in [2.05, 4.69) is 10.1 Å². The van der Waals surface area contributed by atoms with Crippen LogP contribution in [0.4, 0.5) is 0 Å². The highest BCUT2D eigenvalue weighted by Gasteiger charge is 2.09. The van der Waals surface area contributed by atoms with Gasteiger partial charge in [0.1, 0.15) is 10.0 Å². The Morgan fingerprint density at radius 2 is 2.25 bits per heavy atom. The number of nitrogens with zero attached hydrogens (tertiary/aromatic N) is 3. The monoisotopic (exact) mass is 275 g/mol. The summed E-state index contributed by atoms with van der Waals surface area (Å²) in [6.45, 7) is 2.21. The molecule has 2 aromatic rings. The summed E-state index contributed by atoms with van der Waals surface area (Å²) in [4.78, 5) is 15.9. The van der Waals surface area contributed by atoms with Gasteiger partial charge >= 0.3 is 0 Å². The zero-order chi connectivity index (χ0) is 11.7. The fraction of sp³-hybridized carbons (Fsp3) is 0.222. The zero-order valence-corrected chi connectivity index (χ0v) is 10.6. The first-order valence-electron chi connectivity index (χ1n) is 4.40. The van der Waals surface area contributed by atoms with Gasteiger partial charge in [-0.2, -0.15) is 5.10 Å². The first kappa shape index (κ1) is 11.6. The molecule has 0 aliphatic carbocycles. The van der Waals surface area contributed by atoms with Crippen molar-refractivity contribution in [1.29, 1.82) is 0 Å². The van der Waals surface area contributed by atoms with Crippen LogP contribution in [-0.2, 0) is 6.54 Å². The number of thiazole rings is 1. The minimum absolute atomic E-state index is 0.00931. The molecule has 0 amide bonds. The van der Waals surface area contributed by atoms with Crippen LogP contribution < -0.4 is 5.56 Å². The predicted octanol–water partition coefficient (Wildman–Crippen LogP) is 2.36. The summed E-state index contributed by atoms with van der Waals surface area (Å²) in [5.74, 6) is 0. The lowest BCUT2D eigenvalue weighted by Gasteiger charge is -2.02. The van der Waals surface area contributed by atoms with Gasteiger partial charge < -0.3 is 0 Å². The number of aryl methyl sites for hydroxylation is 1. The standard InChI is InChI=1S/C9H7Cl2N3OS/c1-5-4-16-7(13-5)3-14-9(15)8(11)6(10)2-12-14/h2,4H,3H2,1H3. The van der Waals surface area contributed by atoms with Crippen LogP contribution in [0.25, 0.3) is 0 Å². The second-order valence-electron chi connectivity index (χ2n) is 3.15. The van der Waals surface area contributed by atoms with E-state index >= 15 is 0 Å². The van der Waals surface area contributed by atoms with Crippen molar-refractivity contribution in [2.75, 3.05) is 0 Å². The molecule has 7 heteroatoms. The lowest BCUT2D eigenvalue weighted by molar-refractivity contribution is 0.636. The minimum atomic E-state index is -0.401. The maximum absolute atomic E-state index is 11.7. The van der Waals surface area contributed by atoms with E-state index in [1.165, 1.54) is 22.2 Å². The van der Waals surface area contributed by atoms with Crippen LogP contribution in [0.3, 0.4) is 0 Å². The van der Waals surface area contributed by atoms with Crippen molar-refractivity contribution in [3.8, 4) is 0 Å². The summed E-state index contributed by atoms with van der Waals surface area (Å²) in [6.07, 6.45) is 1.35. The van der Waals surface area contributed by atoms with E-state index < -0.39 is 5.56 Å². The molecule has 0 fully saturated rings. The van der Waals surface area contributed by atoms with E-state index in [0.717, 1.165) is 10.7 Å². The van der Waals surface area contributed by atoms with Crippen molar-refractivity contribution in [2.24, 2.45) is 0 Å². The molecule has 2 rings (SSSR count). The Kier molecular flexibility index (Phi) is 3.28. The number of aromatic nitrogens is 3. The molecule has 4 nitrogen and oxygen atoms in total. The molecule has 16 heavy (non-hydrogen) atoms. The minimum Gasteiger partial charge on any atom is -0.266 e. The Morgan fingerprint density at radius 1 is 1.50 bits per heavy atom. The normalized spacial score (nSPS) is 10.7. The predicted molar refractivity (Wildman–Crippen MR) is 64.5 cm³/mol. The van der Waals surface area contributed by atoms with Gasteiger partial charge in [0.15, 0.2) is 0 Å². The van der Waals surface area contributed by atoms with Crippen molar-refractivity contribution in [3.05, 3.63) is 42.7 Å². The molecular formula is C9H7Cl2N3OS. The lowest BCUT2D eigenvalue weighted by atomic mass is 10.5. The van der Waals surface area contributed by atoms with Crippen LogP contribution in [-0.4, -0.2) is 14.8 Å². The maximum atomic E-state index is 11.7. The van der Waals surface area contributed by atoms with Crippen LogP contribution in [0.1, 0.15) is 10.7 Å². The molecular weight excluding hydrogens is 269 g/mol. The van der Waals surface area contributed by atoms with Crippen LogP contribution in [0.2, 0.25) is 10.0 Å². The smallest absolute Gasteiger partial charge is 0.266 e. The van der Waals surface area contributed by atoms with Crippen LogP contribution >= 0.6 is 34.5 Å². The Labute approximate surface area is 105 Å². The van der Waals surface area contributed by atoms with Gasteiger partial charge in [0, 0.05) is 11.1 Å². The second-order valence-corrected chi connectivity index (χ2v) is 4.88. The highest BCUT2D eigenvalue weighted by atomic mass is 35.5. The summed E-state index contributed by atoms with van der Waals surface area (Å²) in [7, 11) is 0. The fourth-order valence-corrected chi connectivity index (χ4v) is 2.18. The van der Waals surface area contributed by atoms with Gasteiger partial charge in [0.25, 0.3) is 5.56 Å². The van der Waals surface area contributed by atoms with Crippen molar-refractivity contribution in [2.45, 2.75) is 13.5 Å². The summed E-state index contributed by atoms with van der Waals surface area (Å²) in [5.41, 5.74) is 0.523. The van der Waals surface area contributed by atoms with Gasteiger partial charge in [-0.3, -0.25) is 4.79 Å². The number of rotatable bonds is 2. The Hall–Kier alpha value is -0.910. The molecule has 0 aromatic carbocycles. The average molecular weight is 276 g/mol. The molecule has 0 bridgehead atoms. The maximum Gasteiger partial charge on any atom is 0.287 e. The lowest BCUT2D eigenvalue weighted by Crippen LogP contribution is -2.23. The molecule has 84 valence electrons. The molecule has 0 aliphatic heterocycles. The van der Waals surface area contributed by atoms with E-state index in [1.807, 2.05) is 12.3 Å². The summed E-state index contributed by atoms with van der Waals surface area (Å²) in [5, 5.41) is 6.78. The summed E-state index contributed by atoms with van der Waals surface area (Å²) < 4.78 is 1.24. The summed E-state index contributed by atoms with van der Waals surface area (Å²) >= 11 is 12.9. The largest absolute Gasteiger partial charge is 0.287 e. The molecule has 0 atom stereocenters.